The van der Waals surface area contributed by atoms with Crippen molar-refractivity contribution in [3.05, 3.63) is 12.2 Å². The highest BCUT2D eigenvalue weighted by atomic mass is 16.5. The predicted octanol–water partition coefficient (Wildman–Crippen LogP) is 1.13. The van der Waals surface area contributed by atoms with Crippen LogP contribution in [0.1, 0.15) is 20.3 Å². The van der Waals surface area contributed by atoms with Gasteiger partial charge in [0.1, 0.15) is 5.78 Å². The van der Waals surface area contributed by atoms with Crippen LogP contribution in [0.3, 0.4) is 0 Å². The smallest absolute Gasteiger partial charge is 0.157 e. The van der Waals surface area contributed by atoms with Gasteiger partial charge < -0.3 is 4.74 Å². The van der Waals surface area contributed by atoms with Crippen molar-refractivity contribution < 1.29 is 14.3 Å². The zero-order chi connectivity index (χ0) is 9.56. The molecule has 0 amide bonds. The van der Waals surface area contributed by atoms with Crippen LogP contribution in [0.4, 0.5) is 0 Å². The van der Waals surface area contributed by atoms with E-state index in [0.29, 0.717) is 18.6 Å². The third-order valence-corrected chi connectivity index (χ3v) is 1.37. The molecule has 0 atom stereocenters. The summed E-state index contributed by atoms with van der Waals surface area (Å²) in [6, 6.07) is 0. The van der Waals surface area contributed by atoms with E-state index in [1.807, 2.05) is 0 Å². The maximum Gasteiger partial charge on any atom is 0.157 e. The highest BCUT2D eigenvalue weighted by molar-refractivity contribution is 5.92. The van der Waals surface area contributed by atoms with Gasteiger partial charge in [-0.25, -0.2) is 0 Å². The van der Waals surface area contributed by atoms with E-state index in [1.54, 1.807) is 0 Å². The van der Waals surface area contributed by atoms with Crippen molar-refractivity contribution in [1.29, 1.82) is 0 Å². The van der Waals surface area contributed by atoms with Crippen molar-refractivity contribution in [2.24, 2.45) is 0 Å². The summed E-state index contributed by atoms with van der Waals surface area (Å²) in [4.78, 5) is 21.1. The lowest BCUT2D eigenvalue weighted by molar-refractivity contribution is -0.117. The molecular formula is C9H14O3. The highest BCUT2D eigenvalue weighted by Gasteiger charge is 2.00. The van der Waals surface area contributed by atoms with Gasteiger partial charge in [0.2, 0.25) is 0 Å². The Bertz CT molecular complexity index is 194. The fourth-order valence-electron chi connectivity index (χ4n) is 0.513. The van der Waals surface area contributed by atoms with Crippen molar-refractivity contribution in [2.75, 3.05) is 13.2 Å². The fourth-order valence-corrected chi connectivity index (χ4v) is 0.513. The molecule has 0 radical (unpaired) electrons. The summed E-state index contributed by atoms with van der Waals surface area (Å²) >= 11 is 0. The Kier molecular flexibility index (Phi) is 5.21. The van der Waals surface area contributed by atoms with E-state index < -0.39 is 0 Å². The zero-order valence-corrected chi connectivity index (χ0v) is 7.55. The molecule has 0 aromatic heterocycles. The Morgan fingerprint density at radius 1 is 1.33 bits per heavy atom. The van der Waals surface area contributed by atoms with Crippen molar-refractivity contribution in [3.8, 4) is 0 Å². The van der Waals surface area contributed by atoms with E-state index in [0.717, 1.165) is 0 Å². The van der Waals surface area contributed by atoms with Gasteiger partial charge in [-0.2, -0.15) is 0 Å². The van der Waals surface area contributed by atoms with Crippen LogP contribution in [-0.2, 0) is 14.3 Å². The molecule has 12 heavy (non-hydrogen) atoms. The molecule has 68 valence electrons. The molecule has 0 spiro atoms. The Hall–Kier alpha value is -0.960. The molecule has 0 fully saturated rings. The molecule has 3 nitrogen and oxygen atoms in total. The van der Waals surface area contributed by atoms with Crippen molar-refractivity contribution >= 4 is 11.6 Å². The summed E-state index contributed by atoms with van der Waals surface area (Å²) in [5.74, 6) is 0.0151. The molecule has 0 bridgehead atoms. The van der Waals surface area contributed by atoms with Gasteiger partial charge in [-0.1, -0.05) is 6.58 Å². The zero-order valence-electron chi connectivity index (χ0n) is 7.55. The number of carbonyl (C=O) groups excluding carboxylic acids is 2. The van der Waals surface area contributed by atoms with Gasteiger partial charge in [0.15, 0.2) is 5.78 Å². The third-order valence-electron chi connectivity index (χ3n) is 1.37. The first-order valence-electron chi connectivity index (χ1n) is 3.80. The first kappa shape index (κ1) is 11.0. The number of carbonyl (C=O) groups is 2. The van der Waals surface area contributed by atoms with Crippen LogP contribution in [0.5, 0.6) is 0 Å². The van der Waals surface area contributed by atoms with Crippen molar-refractivity contribution in [3.63, 3.8) is 0 Å². The van der Waals surface area contributed by atoms with Gasteiger partial charge in [0.05, 0.1) is 13.2 Å². The van der Waals surface area contributed by atoms with E-state index in [-0.39, 0.29) is 18.2 Å². The van der Waals surface area contributed by atoms with Crippen LogP contribution < -0.4 is 0 Å². The number of hydrogen-bond acceptors (Lipinski definition) is 3. The minimum absolute atomic E-state index is 0.0715. The normalized spacial score (nSPS) is 9.50. The van der Waals surface area contributed by atoms with Gasteiger partial charge in [0.25, 0.3) is 0 Å². The molecule has 0 unspecified atom stereocenters. The second-order valence-electron chi connectivity index (χ2n) is 2.66. The van der Waals surface area contributed by atoms with Crippen LogP contribution in [0, 0.1) is 0 Å². The maximum absolute atomic E-state index is 10.6. The summed E-state index contributed by atoms with van der Waals surface area (Å²) in [6.07, 6.45) is 0.394. The topological polar surface area (TPSA) is 43.4 Å². The number of hydrogen-bond donors (Lipinski definition) is 0. The van der Waals surface area contributed by atoms with E-state index in [4.69, 9.17) is 4.74 Å². The Morgan fingerprint density at radius 3 is 2.33 bits per heavy atom. The number of ether oxygens (including phenoxy) is 1. The lowest BCUT2D eigenvalue weighted by Gasteiger charge is -2.02. The number of Topliss-reactive ketones (excluding diaryl/α,β-unsaturated/α-hetero) is 2. The second-order valence-corrected chi connectivity index (χ2v) is 2.66. The Morgan fingerprint density at radius 2 is 1.92 bits per heavy atom. The third kappa shape index (κ3) is 5.80. The fraction of sp³-hybridized carbons (Fsp3) is 0.556. The molecule has 0 aliphatic carbocycles. The van der Waals surface area contributed by atoms with E-state index in [9.17, 15) is 9.59 Å². The second kappa shape index (κ2) is 5.66. The molecule has 0 rings (SSSR count). The van der Waals surface area contributed by atoms with E-state index in [1.165, 1.54) is 13.8 Å². The molecule has 0 heterocycles. The molecule has 0 aliphatic heterocycles. The maximum atomic E-state index is 10.6. The monoisotopic (exact) mass is 170 g/mol. The van der Waals surface area contributed by atoms with Gasteiger partial charge in [-0.15, -0.1) is 0 Å². The first-order valence-corrected chi connectivity index (χ1v) is 3.80. The largest absolute Gasteiger partial charge is 0.376 e. The van der Waals surface area contributed by atoms with Crippen LogP contribution >= 0.6 is 0 Å². The van der Waals surface area contributed by atoms with E-state index in [2.05, 4.69) is 6.58 Å². The van der Waals surface area contributed by atoms with Crippen LogP contribution in [-0.4, -0.2) is 24.8 Å². The summed E-state index contributed by atoms with van der Waals surface area (Å²) in [7, 11) is 0. The lowest BCUT2D eigenvalue weighted by Crippen LogP contribution is -2.07. The molecule has 0 aromatic rings. The van der Waals surface area contributed by atoms with Gasteiger partial charge in [-0.3, -0.25) is 9.59 Å². The summed E-state index contributed by atoms with van der Waals surface area (Å²) in [6.45, 7) is 7.04. The minimum atomic E-state index is -0.0715. The molecule has 3 heteroatoms. The highest BCUT2D eigenvalue weighted by Crippen LogP contribution is 1.94. The number of rotatable bonds is 6. The minimum Gasteiger partial charge on any atom is -0.376 e. The lowest BCUT2D eigenvalue weighted by atomic mass is 10.2. The van der Waals surface area contributed by atoms with Crippen LogP contribution in [0.15, 0.2) is 12.2 Å². The Balaban J connectivity index is 3.38. The van der Waals surface area contributed by atoms with Gasteiger partial charge >= 0.3 is 0 Å². The summed E-state index contributed by atoms with van der Waals surface area (Å²) in [5.41, 5.74) is 0.443. The van der Waals surface area contributed by atoms with Crippen molar-refractivity contribution in [1.82, 2.24) is 0 Å². The van der Waals surface area contributed by atoms with E-state index >= 15 is 0 Å². The van der Waals surface area contributed by atoms with Gasteiger partial charge in [-0.05, 0) is 13.8 Å². The standard InChI is InChI=1S/C9H14O3/c1-7(9(3)11)6-12-5-4-8(2)10/h1,4-6H2,2-3H3. The quantitative estimate of drug-likeness (QED) is 0.443. The van der Waals surface area contributed by atoms with Crippen LogP contribution in [0.25, 0.3) is 0 Å². The molecule has 0 saturated heterocycles. The molecular weight excluding hydrogens is 156 g/mol. The van der Waals surface area contributed by atoms with Crippen LogP contribution in [0.2, 0.25) is 0 Å². The summed E-state index contributed by atoms with van der Waals surface area (Å²) in [5, 5.41) is 0. The van der Waals surface area contributed by atoms with Crippen molar-refractivity contribution in [2.45, 2.75) is 20.3 Å². The predicted molar refractivity (Wildman–Crippen MR) is 45.9 cm³/mol. The first-order chi connectivity index (χ1) is 5.54. The molecule has 0 N–H and O–H groups in total. The summed E-state index contributed by atoms with van der Waals surface area (Å²) < 4.78 is 5.03. The molecule has 0 aromatic carbocycles. The molecule has 0 aliphatic rings. The molecule has 0 saturated carbocycles. The Labute approximate surface area is 72.4 Å². The average Bonchev–Trinajstić information content (AvgIpc) is 1.97. The number of ketones is 2. The average molecular weight is 170 g/mol. The van der Waals surface area contributed by atoms with Gasteiger partial charge in [0, 0.05) is 12.0 Å². The SMILES string of the molecule is C=C(COCCC(C)=O)C(C)=O.